The minimum atomic E-state index is 0.421. The summed E-state index contributed by atoms with van der Waals surface area (Å²) >= 11 is 0. The van der Waals surface area contributed by atoms with Gasteiger partial charge in [-0.25, -0.2) is 0 Å². The summed E-state index contributed by atoms with van der Waals surface area (Å²) in [4.78, 5) is 0. The number of nitrogens with one attached hydrogen (secondary N) is 1. The van der Waals surface area contributed by atoms with Crippen molar-refractivity contribution >= 4 is 0 Å². The highest BCUT2D eigenvalue weighted by Gasteiger charge is 2.40. The van der Waals surface area contributed by atoms with Crippen LogP contribution in [0.2, 0.25) is 0 Å². The Hall–Kier alpha value is -0.760. The molecule has 2 heterocycles. The molecule has 1 aliphatic heterocycles. The van der Waals surface area contributed by atoms with Gasteiger partial charge in [0, 0.05) is 30.4 Å². The molecule has 1 aromatic heterocycles. The zero-order valence-electron chi connectivity index (χ0n) is 9.44. The molecule has 0 bridgehead atoms. The molecule has 0 aromatic carbocycles. The molecule has 2 heteroatoms. The summed E-state index contributed by atoms with van der Waals surface area (Å²) in [6.45, 7) is 4.50. The maximum atomic E-state index is 5.91. The van der Waals surface area contributed by atoms with Crippen molar-refractivity contribution in [3.05, 3.63) is 23.2 Å². The van der Waals surface area contributed by atoms with Gasteiger partial charge >= 0.3 is 0 Å². The van der Waals surface area contributed by atoms with Gasteiger partial charge in [-0.15, -0.1) is 0 Å². The standard InChI is InChI=1S/C13H19NO/c1-2-10-8-11-12(15-10)4-3-5-13(11)6-7-14-9-13/h8,14H,2-7,9H2,1H3. The Morgan fingerprint density at radius 2 is 2.40 bits per heavy atom. The molecule has 82 valence electrons. The van der Waals surface area contributed by atoms with E-state index in [1.54, 1.807) is 0 Å². The maximum absolute atomic E-state index is 5.91. The fourth-order valence-electron chi connectivity index (χ4n) is 3.20. The Morgan fingerprint density at radius 1 is 1.47 bits per heavy atom. The Kier molecular flexibility index (Phi) is 2.13. The number of hydrogen-bond donors (Lipinski definition) is 1. The molecule has 15 heavy (non-hydrogen) atoms. The molecule has 1 unspecified atom stereocenters. The molecule has 1 atom stereocenters. The summed E-state index contributed by atoms with van der Waals surface area (Å²) in [5, 5.41) is 3.51. The van der Waals surface area contributed by atoms with Crippen molar-refractivity contribution in [3.63, 3.8) is 0 Å². The van der Waals surface area contributed by atoms with Crippen molar-refractivity contribution in [2.24, 2.45) is 0 Å². The summed E-state index contributed by atoms with van der Waals surface area (Å²) in [5.74, 6) is 2.45. The van der Waals surface area contributed by atoms with Gasteiger partial charge in [0.25, 0.3) is 0 Å². The van der Waals surface area contributed by atoms with Crippen molar-refractivity contribution in [1.29, 1.82) is 0 Å². The predicted octanol–water partition coefficient (Wildman–Crippen LogP) is 2.41. The van der Waals surface area contributed by atoms with Gasteiger partial charge in [0.05, 0.1) is 0 Å². The highest BCUT2D eigenvalue weighted by Crippen LogP contribution is 2.43. The third kappa shape index (κ3) is 1.35. The molecule has 2 aliphatic rings. The average Bonchev–Trinajstić information content (AvgIpc) is 2.86. The van der Waals surface area contributed by atoms with Crippen LogP contribution < -0.4 is 5.32 Å². The molecule has 0 saturated carbocycles. The lowest BCUT2D eigenvalue weighted by Gasteiger charge is -2.31. The van der Waals surface area contributed by atoms with Crippen molar-refractivity contribution in [3.8, 4) is 0 Å². The summed E-state index contributed by atoms with van der Waals surface area (Å²) in [6.07, 6.45) is 6.11. The van der Waals surface area contributed by atoms with Gasteiger partial charge in [-0.2, -0.15) is 0 Å². The fraction of sp³-hybridized carbons (Fsp3) is 0.692. The van der Waals surface area contributed by atoms with Crippen LogP contribution in [0.5, 0.6) is 0 Å². The SMILES string of the molecule is CCc1cc2c(o1)CCCC21CCNC1. The lowest BCUT2D eigenvalue weighted by Crippen LogP contribution is -2.32. The topological polar surface area (TPSA) is 25.2 Å². The minimum absolute atomic E-state index is 0.421. The Bertz CT molecular complexity index is 361. The van der Waals surface area contributed by atoms with Gasteiger partial charge in [-0.1, -0.05) is 6.92 Å². The van der Waals surface area contributed by atoms with E-state index in [-0.39, 0.29) is 0 Å². The molecule has 0 radical (unpaired) electrons. The van der Waals surface area contributed by atoms with Crippen LogP contribution in [-0.2, 0) is 18.3 Å². The molecule has 0 amide bonds. The van der Waals surface area contributed by atoms with Crippen LogP contribution in [0.4, 0.5) is 0 Å². The number of furan rings is 1. The summed E-state index contributed by atoms with van der Waals surface area (Å²) in [7, 11) is 0. The van der Waals surface area contributed by atoms with Crippen LogP contribution in [-0.4, -0.2) is 13.1 Å². The van der Waals surface area contributed by atoms with E-state index < -0.39 is 0 Å². The smallest absolute Gasteiger partial charge is 0.107 e. The van der Waals surface area contributed by atoms with Crippen molar-refractivity contribution < 1.29 is 4.42 Å². The highest BCUT2D eigenvalue weighted by molar-refractivity contribution is 5.35. The van der Waals surface area contributed by atoms with Crippen LogP contribution >= 0.6 is 0 Å². The summed E-state index contributed by atoms with van der Waals surface area (Å²) < 4.78 is 5.91. The zero-order valence-corrected chi connectivity index (χ0v) is 9.44. The minimum Gasteiger partial charge on any atom is -0.466 e. The molecule has 1 spiro atoms. The van der Waals surface area contributed by atoms with Gasteiger partial charge in [0.2, 0.25) is 0 Å². The van der Waals surface area contributed by atoms with Crippen molar-refractivity contribution in [1.82, 2.24) is 5.32 Å². The summed E-state index contributed by atoms with van der Waals surface area (Å²) in [6, 6.07) is 2.32. The van der Waals surface area contributed by atoms with E-state index >= 15 is 0 Å². The second-order valence-electron chi connectivity index (χ2n) is 4.96. The van der Waals surface area contributed by atoms with Crippen LogP contribution in [0.25, 0.3) is 0 Å². The number of fused-ring (bicyclic) bond motifs is 2. The van der Waals surface area contributed by atoms with E-state index in [1.807, 2.05) is 0 Å². The van der Waals surface area contributed by atoms with Crippen molar-refractivity contribution in [2.45, 2.75) is 44.4 Å². The van der Waals surface area contributed by atoms with Crippen LogP contribution in [0, 0.1) is 0 Å². The molecular weight excluding hydrogens is 186 g/mol. The highest BCUT2D eigenvalue weighted by atomic mass is 16.3. The molecule has 1 saturated heterocycles. The van der Waals surface area contributed by atoms with E-state index in [4.69, 9.17) is 4.42 Å². The van der Waals surface area contributed by atoms with E-state index in [9.17, 15) is 0 Å². The van der Waals surface area contributed by atoms with E-state index in [0.29, 0.717) is 5.41 Å². The van der Waals surface area contributed by atoms with E-state index in [1.165, 1.54) is 42.9 Å². The first-order valence-corrected chi connectivity index (χ1v) is 6.17. The number of rotatable bonds is 1. The first kappa shape index (κ1) is 9.46. The second-order valence-corrected chi connectivity index (χ2v) is 4.96. The Balaban J connectivity index is 2.05. The van der Waals surface area contributed by atoms with Gasteiger partial charge < -0.3 is 9.73 Å². The van der Waals surface area contributed by atoms with Gasteiger partial charge in [-0.3, -0.25) is 0 Å². The average molecular weight is 205 g/mol. The third-order valence-electron chi connectivity index (χ3n) is 4.08. The predicted molar refractivity (Wildman–Crippen MR) is 60.2 cm³/mol. The van der Waals surface area contributed by atoms with E-state index in [0.717, 1.165) is 19.4 Å². The second kappa shape index (κ2) is 3.38. The molecule has 1 aliphatic carbocycles. The number of aryl methyl sites for hydroxylation is 2. The molecule has 3 rings (SSSR count). The quantitative estimate of drug-likeness (QED) is 0.761. The Morgan fingerprint density at radius 3 is 3.13 bits per heavy atom. The summed E-state index contributed by atoms with van der Waals surface area (Å²) in [5.41, 5.74) is 1.94. The number of hydrogen-bond acceptors (Lipinski definition) is 2. The zero-order chi connectivity index (χ0) is 10.3. The van der Waals surface area contributed by atoms with Crippen LogP contribution in [0.15, 0.2) is 10.5 Å². The lowest BCUT2D eigenvalue weighted by molar-refractivity contribution is 0.356. The maximum Gasteiger partial charge on any atom is 0.107 e. The first-order valence-electron chi connectivity index (χ1n) is 6.17. The van der Waals surface area contributed by atoms with Crippen LogP contribution in [0.1, 0.15) is 43.3 Å². The largest absolute Gasteiger partial charge is 0.466 e. The van der Waals surface area contributed by atoms with Gasteiger partial charge in [0.1, 0.15) is 11.5 Å². The van der Waals surface area contributed by atoms with Crippen LogP contribution in [0.3, 0.4) is 0 Å². The molecule has 1 fully saturated rings. The molecular formula is C13H19NO. The first-order chi connectivity index (χ1) is 7.34. The third-order valence-corrected chi connectivity index (χ3v) is 4.08. The normalized spacial score (nSPS) is 29.7. The van der Waals surface area contributed by atoms with Gasteiger partial charge in [-0.05, 0) is 31.9 Å². The lowest BCUT2D eigenvalue weighted by atomic mass is 9.72. The van der Waals surface area contributed by atoms with Crippen molar-refractivity contribution in [2.75, 3.05) is 13.1 Å². The molecule has 2 nitrogen and oxygen atoms in total. The van der Waals surface area contributed by atoms with E-state index in [2.05, 4.69) is 18.3 Å². The molecule has 1 aromatic rings. The van der Waals surface area contributed by atoms with Gasteiger partial charge in [0.15, 0.2) is 0 Å². The monoisotopic (exact) mass is 205 g/mol. The fourth-order valence-corrected chi connectivity index (χ4v) is 3.20. The Labute approximate surface area is 91.0 Å². The molecule has 1 N–H and O–H groups in total.